The predicted molar refractivity (Wildman–Crippen MR) is 192 cm³/mol. The van der Waals surface area contributed by atoms with Crippen LogP contribution in [0.4, 0.5) is 16.2 Å². The number of aryl methyl sites for hydroxylation is 1. The average molecular weight is 733 g/mol. The molecule has 0 saturated carbocycles. The number of piperazine rings is 1. The summed E-state index contributed by atoms with van der Waals surface area (Å²) in [6.45, 7) is 6.21. The molecule has 0 aliphatic carbocycles. The number of amides is 5. The van der Waals surface area contributed by atoms with E-state index < -0.39 is 11.9 Å². The lowest BCUT2D eigenvalue weighted by Gasteiger charge is -2.36. The highest BCUT2D eigenvalue weighted by molar-refractivity contribution is 6.00. The number of carbonyl (C=O) groups excluding carboxylic acids is 4. The van der Waals surface area contributed by atoms with Crippen molar-refractivity contribution < 1.29 is 52.3 Å². The van der Waals surface area contributed by atoms with Gasteiger partial charge >= 0.3 is 6.03 Å². The molecule has 2 aromatic carbocycles. The molecule has 1 fully saturated rings. The van der Waals surface area contributed by atoms with Gasteiger partial charge in [-0.2, -0.15) is 0 Å². The van der Waals surface area contributed by atoms with Gasteiger partial charge in [-0.05, 0) is 42.8 Å². The summed E-state index contributed by atoms with van der Waals surface area (Å²) in [5.41, 5.74) is 12.5. The van der Waals surface area contributed by atoms with E-state index in [0.29, 0.717) is 99.9 Å². The first-order valence-corrected chi connectivity index (χ1v) is 17.0. The standard InChI is InChI=1S/C35H52N6O11/c1-26-23-27(7-8-29(26)38-35(37)45)41(32(43)25-52-22-21-51-20-19-50-18-17-49-16-15-48-14-9-36)24-31(42)39-10-12-40(13-11-39)34(44)28-5-4-6-30(46-2)33(28)47-3/h4-8,23H,9-22,24-25,36H2,1-3H3,(H3,37,38,45). The van der Waals surface area contributed by atoms with E-state index in [4.69, 9.17) is 44.6 Å². The number of urea groups is 1. The van der Waals surface area contributed by atoms with Crippen molar-refractivity contribution in [3.05, 3.63) is 47.5 Å². The Morgan fingerprint density at radius 3 is 1.88 bits per heavy atom. The molecule has 1 saturated heterocycles. The Balaban J connectivity index is 1.50. The SMILES string of the molecule is COc1cccc(C(=O)N2CCN(C(=O)CN(C(=O)COCCOCCOCCOCCOCCN)c3ccc(NC(N)=O)c(C)c3)CC2)c1OC. The second-order valence-corrected chi connectivity index (χ2v) is 11.5. The van der Waals surface area contributed by atoms with Gasteiger partial charge in [0.25, 0.3) is 11.8 Å². The molecule has 52 heavy (non-hydrogen) atoms. The molecule has 0 unspecified atom stereocenters. The van der Waals surface area contributed by atoms with Crippen LogP contribution in [0, 0.1) is 6.92 Å². The third kappa shape index (κ3) is 13.6. The van der Waals surface area contributed by atoms with Crippen LogP contribution in [-0.2, 0) is 33.3 Å². The Labute approximate surface area is 304 Å². The van der Waals surface area contributed by atoms with Gasteiger partial charge in [0, 0.05) is 44.1 Å². The van der Waals surface area contributed by atoms with E-state index >= 15 is 0 Å². The van der Waals surface area contributed by atoms with E-state index in [1.54, 1.807) is 53.1 Å². The van der Waals surface area contributed by atoms with Crippen molar-refractivity contribution in [2.75, 3.05) is 130 Å². The molecule has 17 heteroatoms. The van der Waals surface area contributed by atoms with Gasteiger partial charge in [0.05, 0.1) is 79.2 Å². The molecular weight excluding hydrogens is 680 g/mol. The summed E-state index contributed by atoms with van der Waals surface area (Å²) in [5, 5.41) is 2.53. The number of rotatable bonds is 23. The minimum Gasteiger partial charge on any atom is -0.493 e. The molecule has 1 aliphatic rings. The lowest BCUT2D eigenvalue weighted by atomic mass is 10.1. The summed E-state index contributed by atoms with van der Waals surface area (Å²) < 4.78 is 37.9. The predicted octanol–water partition coefficient (Wildman–Crippen LogP) is 0.862. The molecule has 1 heterocycles. The highest BCUT2D eigenvalue weighted by atomic mass is 16.6. The van der Waals surface area contributed by atoms with Crippen LogP contribution in [-0.4, -0.2) is 153 Å². The van der Waals surface area contributed by atoms with Crippen LogP contribution in [0.1, 0.15) is 15.9 Å². The molecule has 3 rings (SSSR count). The number of ether oxygens (including phenoxy) is 7. The van der Waals surface area contributed by atoms with Crippen molar-refractivity contribution in [3.8, 4) is 11.5 Å². The summed E-state index contributed by atoms with van der Waals surface area (Å²) >= 11 is 0. The normalized spacial score (nSPS) is 12.8. The maximum atomic E-state index is 13.6. The van der Waals surface area contributed by atoms with E-state index in [1.165, 1.54) is 19.1 Å². The second-order valence-electron chi connectivity index (χ2n) is 11.5. The molecular formula is C35H52N6O11. The quantitative estimate of drug-likeness (QED) is 0.136. The topological polar surface area (TPSA) is 207 Å². The molecule has 0 bridgehead atoms. The molecule has 0 aromatic heterocycles. The number of para-hydroxylation sites is 1. The maximum absolute atomic E-state index is 13.6. The Morgan fingerprint density at radius 1 is 0.769 bits per heavy atom. The molecule has 2 aromatic rings. The first-order chi connectivity index (χ1) is 25.2. The number of primary amides is 1. The number of anilines is 2. The summed E-state index contributed by atoms with van der Waals surface area (Å²) in [6.07, 6.45) is 0. The van der Waals surface area contributed by atoms with E-state index in [9.17, 15) is 19.2 Å². The van der Waals surface area contributed by atoms with Crippen molar-refractivity contribution in [3.63, 3.8) is 0 Å². The van der Waals surface area contributed by atoms with E-state index in [1.807, 2.05) is 0 Å². The fraction of sp³-hybridized carbons (Fsp3) is 0.543. The molecule has 0 atom stereocenters. The zero-order chi connectivity index (χ0) is 37.7. The Bertz CT molecular complexity index is 1440. The fourth-order valence-electron chi connectivity index (χ4n) is 5.23. The van der Waals surface area contributed by atoms with Crippen LogP contribution < -0.4 is 31.2 Å². The van der Waals surface area contributed by atoms with Gasteiger partial charge in [0.1, 0.15) is 13.2 Å². The Morgan fingerprint density at radius 2 is 1.35 bits per heavy atom. The number of hydrogen-bond donors (Lipinski definition) is 3. The van der Waals surface area contributed by atoms with Crippen LogP contribution in [0.2, 0.25) is 0 Å². The minimum absolute atomic E-state index is 0.147. The van der Waals surface area contributed by atoms with Gasteiger partial charge in [-0.3, -0.25) is 14.4 Å². The number of nitrogens with two attached hydrogens (primary N) is 2. The summed E-state index contributed by atoms with van der Waals surface area (Å²) in [7, 11) is 2.97. The number of nitrogens with one attached hydrogen (secondary N) is 1. The number of carbonyl (C=O) groups is 4. The lowest BCUT2D eigenvalue weighted by Crippen LogP contribution is -2.53. The van der Waals surface area contributed by atoms with E-state index in [2.05, 4.69) is 5.32 Å². The number of methoxy groups -OCH3 is 2. The van der Waals surface area contributed by atoms with Gasteiger partial charge < -0.3 is 64.6 Å². The van der Waals surface area contributed by atoms with Gasteiger partial charge in [-0.25, -0.2) is 4.79 Å². The average Bonchev–Trinajstić information content (AvgIpc) is 3.15. The van der Waals surface area contributed by atoms with Crippen LogP contribution in [0.3, 0.4) is 0 Å². The number of nitrogens with zero attached hydrogens (tertiary/aromatic N) is 3. The third-order valence-corrected chi connectivity index (χ3v) is 7.90. The smallest absolute Gasteiger partial charge is 0.316 e. The monoisotopic (exact) mass is 732 g/mol. The third-order valence-electron chi connectivity index (χ3n) is 7.90. The van der Waals surface area contributed by atoms with E-state index in [-0.39, 0.29) is 51.3 Å². The largest absolute Gasteiger partial charge is 0.493 e. The zero-order valence-electron chi connectivity index (χ0n) is 30.3. The second kappa shape index (κ2) is 23.1. The first-order valence-electron chi connectivity index (χ1n) is 17.0. The minimum atomic E-state index is -0.724. The highest BCUT2D eigenvalue weighted by Crippen LogP contribution is 2.32. The van der Waals surface area contributed by atoms with Gasteiger partial charge in [0.2, 0.25) is 5.91 Å². The first kappa shape index (κ1) is 41.9. The van der Waals surface area contributed by atoms with Gasteiger partial charge in [-0.1, -0.05) is 6.07 Å². The molecule has 1 aliphatic heterocycles. The summed E-state index contributed by atoms with van der Waals surface area (Å²) in [5.74, 6) is -0.194. The maximum Gasteiger partial charge on any atom is 0.316 e. The van der Waals surface area contributed by atoms with Crippen LogP contribution in [0.5, 0.6) is 11.5 Å². The molecule has 0 spiro atoms. The number of hydrogen-bond acceptors (Lipinski definition) is 12. The van der Waals surface area contributed by atoms with Gasteiger partial charge in [-0.15, -0.1) is 0 Å². The van der Waals surface area contributed by atoms with Crippen molar-refractivity contribution in [2.24, 2.45) is 11.5 Å². The molecule has 17 nitrogen and oxygen atoms in total. The Hall–Kier alpha value is -4.52. The molecule has 5 N–H and O–H groups in total. The Kier molecular flexibility index (Phi) is 18.6. The van der Waals surface area contributed by atoms with Crippen molar-refractivity contribution in [2.45, 2.75) is 6.92 Å². The van der Waals surface area contributed by atoms with Crippen LogP contribution >= 0.6 is 0 Å². The molecule has 288 valence electrons. The van der Waals surface area contributed by atoms with E-state index in [0.717, 1.165) is 0 Å². The van der Waals surface area contributed by atoms with Crippen molar-refractivity contribution in [1.29, 1.82) is 0 Å². The summed E-state index contributed by atoms with van der Waals surface area (Å²) in [6, 6.07) is 9.28. The zero-order valence-corrected chi connectivity index (χ0v) is 30.3. The number of benzene rings is 2. The van der Waals surface area contributed by atoms with Gasteiger partial charge in [0.15, 0.2) is 11.5 Å². The van der Waals surface area contributed by atoms with Crippen LogP contribution in [0.25, 0.3) is 0 Å². The van der Waals surface area contributed by atoms with Crippen LogP contribution in [0.15, 0.2) is 36.4 Å². The molecule has 0 radical (unpaired) electrons. The molecule has 5 amide bonds. The lowest BCUT2D eigenvalue weighted by molar-refractivity contribution is -0.133. The fourth-order valence-corrected chi connectivity index (χ4v) is 5.23. The van der Waals surface area contributed by atoms with Crippen molar-refractivity contribution in [1.82, 2.24) is 9.80 Å². The highest BCUT2D eigenvalue weighted by Gasteiger charge is 2.29. The van der Waals surface area contributed by atoms with Crippen molar-refractivity contribution >= 4 is 35.1 Å². The summed E-state index contributed by atoms with van der Waals surface area (Å²) in [4.78, 5) is 56.4.